The molecule has 98 valence electrons. The second-order valence-corrected chi connectivity index (χ2v) is 4.82. The van der Waals surface area contributed by atoms with Crippen molar-refractivity contribution in [2.75, 3.05) is 26.1 Å². The normalized spacial score (nSPS) is 18.7. The summed E-state index contributed by atoms with van der Waals surface area (Å²) in [6.07, 6.45) is 0.847. The quantitative estimate of drug-likeness (QED) is 0.682. The lowest BCUT2D eigenvalue weighted by Crippen LogP contribution is -2.16. The Kier molecular flexibility index (Phi) is 4.08. The van der Waals surface area contributed by atoms with Crippen molar-refractivity contribution < 1.29 is 19.0 Å². The average molecular weight is 316 g/mol. The van der Waals surface area contributed by atoms with Crippen molar-refractivity contribution >= 4 is 27.6 Å². The third-order valence-electron chi connectivity index (χ3n) is 2.69. The van der Waals surface area contributed by atoms with Gasteiger partial charge in [0.2, 0.25) is 0 Å². The molecule has 18 heavy (non-hydrogen) atoms. The fraction of sp³-hybridized carbons (Fsp3) is 0.417. The standard InChI is InChI=1S/C12H14BrNO4/c1-16-12(15)8-4-11(9(13)5-10(8)14)18-7-2-3-17-6-7/h4-5,7H,2-3,6,14H2,1H3. The molecule has 0 amide bonds. The summed E-state index contributed by atoms with van der Waals surface area (Å²) in [6, 6.07) is 3.22. The first-order valence-electron chi connectivity index (χ1n) is 5.53. The lowest BCUT2D eigenvalue weighted by molar-refractivity contribution is 0.0601. The first-order chi connectivity index (χ1) is 8.61. The van der Waals surface area contributed by atoms with Gasteiger partial charge in [-0.25, -0.2) is 4.79 Å². The van der Waals surface area contributed by atoms with E-state index < -0.39 is 5.97 Å². The van der Waals surface area contributed by atoms with Crippen LogP contribution in [0.5, 0.6) is 5.75 Å². The lowest BCUT2D eigenvalue weighted by Gasteiger charge is -2.15. The summed E-state index contributed by atoms with van der Waals surface area (Å²) in [5, 5.41) is 0. The van der Waals surface area contributed by atoms with Crippen LogP contribution in [0, 0.1) is 0 Å². The van der Waals surface area contributed by atoms with Crippen LogP contribution >= 0.6 is 15.9 Å². The number of rotatable bonds is 3. The molecule has 0 aromatic heterocycles. The van der Waals surface area contributed by atoms with E-state index in [2.05, 4.69) is 20.7 Å². The van der Waals surface area contributed by atoms with Gasteiger partial charge in [0.25, 0.3) is 0 Å². The highest BCUT2D eigenvalue weighted by Gasteiger charge is 2.20. The monoisotopic (exact) mass is 315 g/mol. The highest BCUT2D eigenvalue weighted by atomic mass is 79.9. The zero-order valence-electron chi connectivity index (χ0n) is 9.94. The number of hydrogen-bond acceptors (Lipinski definition) is 5. The van der Waals surface area contributed by atoms with Crippen molar-refractivity contribution in [2.24, 2.45) is 0 Å². The van der Waals surface area contributed by atoms with Crippen molar-refractivity contribution in [1.29, 1.82) is 0 Å². The van der Waals surface area contributed by atoms with E-state index in [4.69, 9.17) is 15.2 Å². The summed E-state index contributed by atoms with van der Waals surface area (Å²) in [4.78, 5) is 11.5. The predicted octanol–water partition coefficient (Wildman–Crippen LogP) is 1.99. The second-order valence-electron chi connectivity index (χ2n) is 3.96. The van der Waals surface area contributed by atoms with E-state index in [1.807, 2.05) is 0 Å². The van der Waals surface area contributed by atoms with Crippen molar-refractivity contribution in [1.82, 2.24) is 0 Å². The van der Waals surface area contributed by atoms with Crippen molar-refractivity contribution in [2.45, 2.75) is 12.5 Å². The SMILES string of the molecule is COC(=O)c1cc(OC2CCOC2)c(Br)cc1N. The van der Waals surface area contributed by atoms with E-state index in [0.717, 1.165) is 6.42 Å². The van der Waals surface area contributed by atoms with Crippen molar-refractivity contribution in [3.05, 3.63) is 22.2 Å². The molecule has 0 bridgehead atoms. The second kappa shape index (κ2) is 5.58. The van der Waals surface area contributed by atoms with Gasteiger partial charge in [0, 0.05) is 12.1 Å². The Hall–Kier alpha value is -1.27. The van der Waals surface area contributed by atoms with E-state index in [9.17, 15) is 4.79 Å². The molecular formula is C12H14BrNO4. The van der Waals surface area contributed by atoms with Gasteiger partial charge in [-0.1, -0.05) is 0 Å². The highest BCUT2D eigenvalue weighted by Crippen LogP contribution is 2.32. The molecule has 1 heterocycles. The molecule has 0 aliphatic carbocycles. The number of halogens is 1. The number of methoxy groups -OCH3 is 1. The zero-order chi connectivity index (χ0) is 13.1. The summed E-state index contributed by atoms with van der Waals surface area (Å²) >= 11 is 3.36. The van der Waals surface area contributed by atoms with Crippen LogP contribution in [-0.4, -0.2) is 32.4 Å². The van der Waals surface area contributed by atoms with Gasteiger partial charge in [0.15, 0.2) is 0 Å². The van der Waals surface area contributed by atoms with Gasteiger partial charge in [-0.3, -0.25) is 0 Å². The minimum Gasteiger partial charge on any atom is -0.487 e. The van der Waals surface area contributed by atoms with Gasteiger partial charge in [0.1, 0.15) is 11.9 Å². The van der Waals surface area contributed by atoms with Gasteiger partial charge in [-0.2, -0.15) is 0 Å². The molecule has 5 nitrogen and oxygen atoms in total. The van der Waals surface area contributed by atoms with E-state index in [1.165, 1.54) is 7.11 Å². The summed E-state index contributed by atoms with van der Waals surface area (Å²) < 4.78 is 16.4. The van der Waals surface area contributed by atoms with Gasteiger partial charge < -0.3 is 19.9 Å². The van der Waals surface area contributed by atoms with Crippen molar-refractivity contribution in [3.8, 4) is 5.75 Å². The summed E-state index contributed by atoms with van der Waals surface area (Å²) in [6.45, 7) is 1.26. The molecule has 1 aromatic carbocycles. The molecule has 0 saturated carbocycles. The number of nitrogen functional groups attached to an aromatic ring is 1. The van der Waals surface area contributed by atoms with E-state index >= 15 is 0 Å². The fourth-order valence-corrected chi connectivity index (χ4v) is 2.19. The molecule has 1 aliphatic rings. The number of hydrogen-bond donors (Lipinski definition) is 1. The summed E-state index contributed by atoms with van der Waals surface area (Å²) in [7, 11) is 1.31. The number of nitrogens with two attached hydrogens (primary N) is 1. The van der Waals surface area contributed by atoms with Crippen LogP contribution < -0.4 is 10.5 Å². The number of anilines is 1. The molecule has 1 atom stereocenters. The van der Waals surface area contributed by atoms with Crippen LogP contribution in [0.1, 0.15) is 16.8 Å². The highest BCUT2D eigenvalue weighted by molar-refractivity contribution is 9.10. The maximum absolute atomic E-state index is 11.5. The Morgan fingerprint density at radius 1 is 1.56 bits per heavy atom. The molecule has 0 spiro atoms. The Morgan fingerprint density at radius 3 is 2.94 bits per heavy atom. The van der Waals surface area contributed by atoms with E-state index in [0.29, 0.717) is 34.7 Å². The maximum atomic E-state index is 11.5. The first kappa shape index (κ1) is 13.2. The summed E-state index contributed by atoms with van der Waals surface area (Å²) in [5.41, 5.74) is 6.42. The van der Waals surface area contributed by atoms with Gasteiger partial charge in [-0.05, 0) is 28.1 Å². The van der Waals surface area contributed by atoms with Crippen LogP contribution in [-0.2, 0) is 9.47 Å². The lowest BCUT2D eigenvalue weighted by atomic mass is 10.1. The van der Waals surface area contributed by atoms with E-state index in [-0.39, 0.29) is 6.10 Å². The molecule has 1 aromatic rings. The zero-order valence-corrected chi connectivity index (χ0v) is 11.5. The number of esters is 1. The van der Waals surface area contributed by atoms with Crippen LogP contribution in [0.2, 0.25) is 0 Å². The largest absolute Gasteiger partial charge is 0.487 e. The molecule has 2 N–H and O–H groups in total. The number of ether oxygens (including phenoxy) is 3. The molecule has 1 aliphatic heterocycles. The Balaban J connectivity index is 2.25. The molecule has 2 rings (SSSR count). The molecule has 1 fully saturated rings. The Morgan fingerprint density at radius 2 is 2.33 bits per heavy atom. The minimum atomic E-state index is -0.479. The third-order valence-corrected chi connectivity index (χ3v) is 3.31. The predicted molar refractivity (Wildman–Crippen MR) is 69.7 cm³/mol. The summed E-state index contributed by atoms with van der Waals surface area (Å²) in [5.74, 6) is 0.0904. The third kappa shape index (κ3) is 2.76. The smallest absolute Gasteiger partial charge is 0.340 e. The van der Waals surface area contributed by atoms with Crippen molar-refractivity contribution in [3.63, 3.8) is 0 Å². The average Bonchev–Trinajstić information content (AvgIpc) is 2.84. The molecular weight excluding hydrogens is 302 g/mol. The molecule has 1 saturated heterocycles. The van der Waals surface area contributed by atoms with E-state index in [1.54, 1.807) is 12.1 Å². The van der Waals surface area contributed by atoms with Gasteiger partial charge >= 0.3 is 5.97 Å². The fourth-order valence-electron chi connectivity index (χ4n) is 1.73. The first-order valence-corrected chi connectivity index (χ1v) is 6.33. The Labute approximate surface area is 113 Å². The molecule has 0 radical (unpaired) electrons. The van der Waals surface area contributed by atoms with Gasteiger partial charge in [0.05, 0.1) is 30.4 Å². The van der Waals surface area contributed by atoms with Gasteiger partial charge in [-0.15, -0.1) is 0 Å². The Bertz CT molecular complexity index is 458. The number of carbonyl (C=O) groups is 1. The topological polar surface area (TPSA) is 70.8 Å². The molecule has 6 heteroatoms. The van der Waals surface area contributed by atoms with Crippen LogP contribution in [0.4, 0.5) is 5.69 Å². The van der Waals surface area contributed by atoms with Crippen LogP contribution in [0.15, 0.2) is 16.6 Å². The number of benzene rings is 1. The minimum absolute atomic E-state index is 0.00965. The van der Waals surface area contributed by atoms with Crippen LogP contribution in [0.25, 0.3) is 0 Å². The van der Waals surface area contributed by atoms with Crippen LogP contribution in [0.3, 0.4) is 0 Å². The maximum Gasteiger partial charge on any atom is 0.340 e. The molecule has 1 unspecified atom stereocenters. The number of carbonyl (C=O) groups excluding carboxylic acids is 1.